The number of rotatable bonds is 6. The van der Waals surface area contributed by atoms with Crippen molar-refractivity contribution in [2.75, 3.05) is 26.9 Å². The van der Waals surface area contributed by atoms with E-state index < -0.39 is 11.4 Å². The Labute approximate surface area is 134 Å². The van der Waals surface area contributed by atoms with Gasteiger partial charge in [-0.25, -0.2) is 4.79 Å². The molecule has 0 saturated carbocycles. The molecule has 0 aromatic rings. The molecular formula is C16H31NO5. The number of amides is 1. The molecule has 1 amide bonds. The third-order valence-corrected chi connectivity index (χ3v) is 3.38. The van der Waals surface area contributed by atoms with E-state index in [0.717, 1.165) is 6.42 Å². The Morgan fingerprint density at radius 3 is 2.50 bits per heavy atom. The predicted molar refractivity (Wildman–Crippen MR) is 83.8 cm³/mol. The lowest BCUT2D eigenvalue weighted by molar-refractivity contribution is -0.145. The Morgan fingerprint density at radius 1 is 1.41 bits per heavy atom. The number of carbonyl (C=O) groups excluding carboxylic acids is 1. The standard InChI is InChI=1S/C16H31NO5/c1-8-12(17(7)14(18)22-15(2,3)4)9-19-10-13-11-20-16(5,6)21-13/h12-13H,8-11H2,1-7H3/t12-,13-/m1/s1. The first-order valence-corrected chi connectivity index (χ1v) is 7.89. The molecule has 1 aliphatic heterocycles. The Hall–Kier alpha value is -0.850. The molecule has 6 nitrogen and oxygen atoms in total. The van der Waals surface area contributed by atoms with Gasteiger partial charge in [-0.2, -0.15) is 0 Å². The molecule has 130 valence electrons. The molecule has 1 heterocycles. The lowest BCUT2D eigenvalue weighted by Crippen LogP contribution is -2.43. The number of likely N-dealkylation sites (N-methyl/N-ethyl adjacent to an activating group) is 1. The molecule has 0 unspecified atom stereocenters. The van der Waals surface area contributed by atoms with Crippen LogP contribution in [0.4, 0.5) is 4.79 Å². The monoisotopic (exact) mass is 317 g/mol. The third kappa shape index (κ3) is 6.50. The maximum atomic E-state index is 12.1. The number of nitrogens with zero attached hydrogens (tertiary/aromatic N) is 1. The molecule has 0 radical (unpaired) electrons. The van der Waals surface area contributed by atoms with Gasteiger partial charge in [0, 0.05) is 7.05 Å². The van der Waals surface area contributed by atoms with Crippen LogP contribution in [0.2, 0.25) is 0 Å². The van der Waals surface area contributed by atoms with Gasteiger partial charge in [-0.15, -0.1) is 0 Å². The highest BCUT2D eigenvalue weighted by Crippen LogP contribution is 2.22. The molecule has 1 aliphatic rings. The second kappa shape index (κ2) is 7.62. The summed E-state index contributed by atoms with van der Waals surface area (Å²) >= 11 is 0. The van der Waals surface area contributed by atoms with Crippen molar-refractivity contribution >= 4 is 6.09 Å². The van der Waals surface area contributed by atoms with Crippen LogP contribution in [0.5, 0.6) is 0 Å². The van der Waals surface area contributed by atoms with Crippen molar-refractivity contribution in [3.8, 4) is 0 Å². The molecule has 1 rings (SSSR count). The zero-order chi connectivity index (χ0) is 17.0. The maximum absolute atomic E-state index is 12.1. The molecule has 0 bridgehead atoms. The fraction of sp³-hybridized carbons (Fsp3) is 0.938. The highest BCUT2D eigenvalue weighted by atomic mass is 16.7. The quantitative estimate of drug-likeness (QED) is 0.754. The SMILES string of the molecule is CC[C@H](COC[C@@H]1COC(C)(C)O1)N(C)C(=O)OC(C)(C)C. The summed E-state index contributed by atoms with van der Waals surface area (Å²) in [4.78, 5) is 13.7. The fourth-order valence-corrected chi connectivity index (χ4v) is 2.17. The summed E-state index contributed by atoms with van der Waals surface area (Å²) in [5, 5.41) is 0. The van der Waals surface area contributed by atoms with Crippen molar-refractivity contribution in [2.45, 2.75) is 71.5 Å². The van der Waals surface area contributed by atoms with Crippen LogP contribution >= 0.6 is 0 Å². The summed E-state index contributed by atoms with van der Waals surface area (Å²) in [5.41, 5.74) is -0.495. The lowest BCUT2D eigenvalue weighted by Gasteiger charge is -2.30. The second-order valence-corrected chi connectivity index (χ2v) is 7.14. The van der Waals surface area contributed by atoms with Crippen molar-refractivity contribution in [1.82, 2.24) is 4.90 Å². The maximum Gasteiger partial charge on any atom is 0.410 e. The first kappa shape index (κ1) is 19.2. The minimum absolute atomic E-state index is 0.0230. The smallest absolute Gasteiger partial charge is 0.410 e. The molecule has 0 N–H and O–H groups in total. The van der Waals surface area contributed by atoms with Gasteiger partial charge in [-0.05, 0) is 41.0 Å². The Kier molecular flexibility index (Phi) is 6.65. The minimum Gasteiger partial charge on any atom is -0.444 e. The van der Waals surface area contributed by atoms with Gasteiger partial charge in [-0.3, -0.25) is 0 Å². The van der Waals surface area contributed by atoms with Crippen LogP contribution in [-0.2, 0) is 18.9 Å². The average molecular weight is 317 g/mol. The van der Waals surface area contributed by atoms with E-state index in [1.54, 1.807) is 11.9 Å². The highest BCUT2D eigenvalue weighted by Gasteiger charge is 2.33. The topological polar surface area (TPSA) is 57.2 Å². The van der Waals surface area contributed by atoms with E-state index in [1.807, 2.05) is 41.5 Å². The second-order valence-electron chi connectivity index (χ2n) is 7.14. The van der Waals surface area contributed by atoms with Gasteiger partial charge in [-0.1, -0.05) is 6.92 Å². The Morgan fingerprint density at radius 2 is 2.05 bits per heavy atom. The van der Waals surface area contributed by atoms with E-state index in [0.29, 0.717) is 19.8 Å². The third-order valence-electron chi connectivity index (χ3n) is 3.38. The van der Waals surface area contributed by atoms with Crippen molar-refractivity contribution in [2.24, 2.45) is 0 Å². The fourth-order valence-electron chi connectivity index (χ4n) is 2.17. The van der Waals surface area contributed by atoms with Crippen LogP contribution < -0.4 is 0 Å². The molecule has 0 aromatic carbocycles. The van der Waals surface area contributed by atoms with E-state index in [1.165, 1.54) is 0 Å². The van der Waals surface area contributed by atoms with Gasteiger partial charge in [0.15, 0.2) is 5.79 Å². The van der Waals surface area contributed by atoms with Crippen LogP contribution in [0.15, 0.2) is 0 Å². The van der Waals surface area contributed by atoms with E-state index in [2.05, 4.69) is 0 Å². The predicted octanol–water partition coefficient (Wildman–Crippen LogP) is 2.80. The van der Waals surface area contributed by atoms with Gasteiger partial charge in [0.25, 0.3) is 0 Å². The van der Waals surface area contributed by atoms with Crippen molar-refractivity contribution in [3.63, 3.8) is 0 Å². The van der Waals surface area contributed by atoms with Crippen molar-refractivity contribution in [1.29, 1.82) is 0 Å². The van der Waals surface area contributed by atoms with Gasteiger partial charge < -0.3 is 23.8 Å². The van der Waals surface area contributed by atoms with E-state index >= 15 is 0 Å². The molecule has 0 aliphatic carbocycles. The normalized spacial score (nSPS) is 22.4. The summed E-state index contributed by atoms with van der Waals surface area (Å²) in [7, 11) is 1.74. The minimum atomic E-state index is -0.536. The molecule has 2 atom stereocenters. The van der Waals surface area contributed by atoms with Crippen molar-refractivity contribution < 1.29 is 23.7 Å². The Balaban J connectivity index is 2.37. The van der Waals surface area contributed by atoms with Crippen LogP contribution in [0.1, 0.15) is 48.0 Å². The lowest BCUT2D eigenvalue weighted by atomic mass is 10.2. The summed E-state index contributed by atoms with van der Waals surface area (Å²) in [6.07, 6.45) is 0.410. The van der Waals surface area contributed by atoms with E-state index in [9.17, 15) is 4.79 Å². The first-order chi connectivity index (χ1) is 10.0. The van der Waals surface area contributed by atoms with Crippen LogP contribution in [0.25, 0.3) is 0 Å². The molecule has 6 heteroatoms. The molecular weight excluding hydrogens is 286 g/mol. The number of hydrogen-bond donors (Lipinski definition) is 0. The van der Waals surface area contributed by atoms with Gasteiger partial charge in [0.1, 0.15) is 11.7 Å². The molecule has 0 spiro atoms. The van der Waals surface area contributed by atoms with Crippen LogP contribution in [0.3, 0.4) is 0 Å². The zero-order valence-electron chi connectivity index (χ0n) is 15.0. The van der Waals surface area contributed by atoms with Gasteiger partial charge in [0.2, 0.25) is 0 Å². The van der Waals surface area contributed by atoms with Crippen molar-refractivity contribution in [3.05, 3.63) is 0 Å². The van der Waals surface area contributed by atoms with E-state index in [-0.39, 0.29) is 18.2 Å². The van der Waals surface area contributed by atoms with Crippen LogP contribution in [0, 0.1) is 0 Å². The largest absolute Gasteiger partial charge is 0.444 e. The highest BCUT2D eigenvalue weighted by molar-refractivity contribution is 5.68. The van der Waals surface area contributed by atoms with Crippen LogP contribution in [-0.4, -0.2) is 61.4 Å². The summed E-state index contributed by atoms with van der Waals surface area (Å²) in [6, 6.07) is -0.0230. The molecule has 0 aromatic heterocycles. The average Bonchev–Trinajstić information content (AvgIpc) is 2.71. The Bertz CT molecular complexity index is 364. The number of ether oxygens (including phenoxy) is 4. The molecule has 22 heavy (non-hydrogen) atoms. The summed E-state index contributed by atoms with van der Waals surface area (Å²) in [6.45, 7) is 12.8. The molecule has 1 fully saturated rings. The van der Waals surface area contributed by atoms with Gasteiger partial charge >= 0.3 is 6.09 Å². The van der Waals surface area contributed by atoms with E-state index in [4.69, 9.17) is 18.9 Å². The summed E-state index contributed by atoms with van der Waals surface area (Å²) < 4.78 is 22.3. The summed E-state index contributed by atoms with van der Waals surface area (Å²) in [5.74, 6) is -0.536. The number of carbonyl (C=O) groups is 1. The molecule has 1 saturated heterocycles. The zero-order valence-corrected chi connectivity index (χ0v) is 15.0. The van der Waals surface area contributed by atoms with Gasteiger partial charge in [0.05, 0.1) is 25.9 Å². The number of hydrogen-bond acceptors (Lipinski definition) is 5. The first-order valence-electron chi connectivity index (χ1n) is 7.89.